The molecule has 0 amide bonds. The summed E-state index contributed by atoms with van der Waals surface area (Å²) in [6.45, 7) is 0.285. The fourth-order valence-corrected chi connectivity index (χ4v) is 2.71. The molecule has 1 aliphatic rings. The van der Waals surface area contributed by atoms with Crippen LogP contribution in [0.25, 0.3) is 0 Å². The van der Waals surface area contributed by atoms with Gasteiger partial charge in [0.25, 0.3) is 0 Å². The Labute approximate surface area is 118 Å². The van der Waals surface area contributed by atoms with Gasteiger partial charge in [-0.15, -0.1) is 0 Å². The van der Waals surface area contributed by atoms with Gasteiger partial charge < -0.3 is 15.2 Å². The third-order valence-electron chi connectivity index (χ3n) is 3.62. The third kappa shape index (κ3) is 2.61. The molecule has 1 aromatic carbocycles. The van der Waals surface area contributed by atoms with Crippen LogP contribution in [0.15, 0.2) is 12.1 Å². The lowest BCUT2D eigenvalue weighted by Gasteiger charge is -2.18. The second-order valence-corrected chi connectivity index (χ2v) is 4.72. The zero-order valence-corrected chi connectivity index (χ0v) is 10.4. The Morgan fingerprint density at radius 1 is 1.22 bits per heavy atom. The van der Waals surface area contributed by atoms with Crippen molar-refractivity contribution >= 4 is 0 Å². The van der Waals surface area contributed by atoms with Gasteiger partial charge in [0.2, 0.25) is 0 Å². The van der Waals surface area contributed by atoms with Crippen LogP contribution in [0, 0.1) is 0 Å². The van der Waals surface area contributed by atoms with Crippen molar-refractivity contribution in [1.82, 2.24) is 0 Å². The van der Waals surface area contributed by atoms with Gasteiger partial charge in [0.15, 0.2) is 0 Å². The maximum absolute atomic E-state index is 7.37. The first-order chi connectivity index (χ1) is 11.1. The van der Waals surface area contributed by atoms with Gasteiger partial charge in [-0.1, -0.05) is 12.8 Å². The minimum atomic E-state index is -2.58. The zero-order chi connectivity index (χ0) is 18.0. The van der Waals surface area contributed by atoms with Crippen LogP contribution in [0.3, 0.4) is 0 Å². The van der Waals surface area contributed by atoms with Gasteiger partial charge in [-0.3, -0.25) is 0 Å². The van der Waals surface area contributed by atoms with Gasteiger partial charge in [0.1, 0.15) is 11.5 Å². The van der Waals surface area contributed by atoms with E-state index in [-0.39, 0.29) is 24.0 Å². The molecule has 0 radical (unpaired) electrons. The van der Waals surface area contributed by atoms with Crippen LogP contribution >= 0.6 is 0 Å². The normalized spacial score (nSPS) is 22.3. The molecule has 0 aliphatic heterocycles. The standard InChI is InChI=1S/C15H23NO2/c1-17-14-10-13(11-5-3-4-6-11)15(18-2)9-12(14)7-8-16/h9-11H,3-8,16H2,1-2H3/i1D3,2D3. The van der Waals surface area contributed by atoms with E-state index >= 15 is 0 Å². The molecule has 1 aromatic rings. The van der Waals surface area contributed by atoms with Crippen molar-refractivity contribution in [1.29, 1.82) is 0 Å². The Kier molecular flexibility index (Phi) is 2.50. The largest absolute Gasteiger partial charge is 0.496 e. The highest BCUT2D eigenvalue weighted by molar-refractivity contribution is 5.48. The van der Waals surface area contributed by atoms with Crippen LogP contribution in [0.4, 0.5) is 0 Å². The number of benzene rings is 1. The van der Waals surface area contributed by atoms with E-state index in [0.717, 1.165) is 25.7 Å². The predicted molar refractivity (Wildman–Crippen MR) is 73.5 cm³/mol. The van der Waals surface area contributed by atoms with E-state index in [1.807, 2.05) is 0 Å². The Bertz CT molecular complexity index is 564. The second kappa shape index (κ2) is 6.10. The molecule has 3 heteroatoms. The highest BCUT2D eigenvalue weighted by Crippen LogP contribution is 2.41. The van der Waals surface area contributed by atoms with Gasteiger partial charge in [-0.25, -0.2) is 0 Å². The molecule has 0 aromatic heterocycles. The van der Waals surface area contributed by atoms with Gasteiger partial charge in [0, 0.05) is 5.56 Å². The van der Waals surface area contributed by atoms with Crippen molar-refractivity contribution in [3.63, 3.8) is 0 Å². The Morgan fingerprint density at radius 2 is 1.94 bits per heavy atom. The van der Waals surface area contributed by atoms with E-state index in [9.17, 15) is 0 Å². The van der Waals surface area contributed by atoms with E-state index in [1.54, 1.807) is 12.1 Å². The minimum Gasteiger partial charge on any atom is -0.496 e. The topological polar surface area (TPSA) is 44.5 Å². The molecule has 0 heterocycles. The van der Waals surface area contributed by atoms with E-state index in [1.165, 1.54) is 0 Å². The lowest BCUT2D eigenvalue weighted by Crippen LogP contribution is -2.06. The molecule has 0 atom stereocenters. The van der Waals surface area contributed by atoms with Crippen LogP contribution in [-0.4, -0.2) is 20.6 Å². The maximum Gasteiger partial charge on any atom is 0.122 e. The van der Waals surface area contributed by atoms with Crippen molar-refractivity contribution in [3.05, 3.63) is 23.3 Å². The lowest BCUT2D eigenvalue weighted by atomic mass is 9.94. The number of hydrogen-bond acceptors (Lipinski definition) is 3. The molecular weight excluding hydrogens is 226 g/mol. The molecule has 100 valence electrons. The summed E-state index contributed by atoms with van der Waals surface area (Å²) in [5.74, 6) is 0.636. The van der Waals surface area contributed by atoms with Crippen LogP contribution in [-0.2, 0) is 6.42 Å². The fraction of sp³-hybridized carbons (Fsp3) is 0.600. The van der Waals surface area contributed by atoms with Gasteiger partial charge in [-0.2, -0.15) is 0 Å². The monoisotopic (exact) mass is 255 g/mol. The molecule has 2 rings (SSSR count). The van der Waals surface area contributed by atoms with Crippen molar-refractivity contribution < 1.29 is 17.7 Å². The predicted octanol–water partition coefficient (Wildman–Crippen LogP) is 2.86. The SMILES string of the molecule is [2H]C([2H])([2H])Oc1cc(C2CCCC2)c(OC([2H])([2H])[2H])cc1CCN. The Hall–Kier alpha value is -1.22. The molecule has 0 bridgehead atoms. The van der Waals surface area contributed by atoms with E-state index in [0.29, 0.717) is 17.5 Å². The molecule has 1 aliphatic carbocycles. The Balaban J connectivity index is 2.48. The van der Waals surface area contributed by atoms with Crippen LogP contribution < -0.4 is 15.2 Å². The summed E-state index contributed by atoms with van der Waals surface area (Å²) in [7, 11) is -5.15. The average Bonchev–Trinajstić information content (AvgIpc) is 2.92. The van der Waals surface area contributed by atoms with Gasteiger partial charge in [-0.05, 0) is 49.4 Å². The quantitative estimate of drug-likeness (QED) is 0.880. The zero-order valence-electron chi connectivity index (χ0n) is 16.4. The number of hydrogen-bond donors (Lipinski definition) is 1. The highest BCUT2D eigenvalue weighted by Gasteiger charge is 2.22. The van der Waals surface area contributed by atoms with Crippen molar-refractivity contribution in [3.8, 4) is 11.5 Å². The van der Waals surface area contributed by atoms with E-state index in [2.05, 4.69) is 0 Å². The first kappa shape index (κ1) is 7.39. The first-order valence-electron chi connectivity index (χ1n) is 9.34. The summed E-state index contributed by atoms with van der Waals surface area (Å²) in [5, 5.41) is 0. The Morgan fingerprint density at radius 3 is 2.61 bits per heavy atom. The highest BCUT2D eigenvalue weighted by atomic mass is 16.5. The van der Waals surface area contributed by atoms with Crippen molar-refractivity contribution in [2.24, 2.45) is 5.73 Å². The maximum atomic E-state index is 7.37. The third-order valence-corrected chi connectivity index (χ3v) is 3.62. The summed E-state index contributed by atoms with van der Waals surface area (Å²) in [5.41, 5.74) is 6.82. The summed E-state index contributed by atoms with van der Waals surface area (Å²) in [6, 6.07) is 3.18. The number of nitrogens with two attached hydrogens (primary N) is 1. The molecule has 3 nitrogen and oxygen atoms in total. The van der Waals surface area contributed by atoms with Crippen LogP contribution in [0.5, 0.6) is 11.5 Å². The lowest BCUT2D eigenvalue weighted by molar-refractivity contribution is 0.391. The van der Waals surface area contributed by atoms with Crippen molar-refractivity contribution in [2.45, 2.75) is 38.0 Å². The second-order valence-electron chi connectivity index (χ2n) is 4.72. The molecule has 2 N–H and O–H groups in total. The summed E-state index contributed by atoms with van der Waals surface area (Å²) in [4.78, 5) is 0. The smallest absolute Gasteiger partial charge is 0.122 e. The molecule has 0 spiro atoms. The van der Waals surface area contributed by atoms with E-state index < -0.39 is 14.1 Å². The van der Waals surface area contributed by atoms with Crippen LogP contribution in [0.1, 0.15) is 51.0 Å². The summed E-state index contributed by atoms with van der Waals surface area (Å²) >= 11 is 0. The van der Waals surface area contributed by atoms with Gasteiger partial charge in [0.05, 0.1) is 22.3 Å². The molecule has 1 fully saturated rings. The van der Waals surface area contributed by atoms with Crippen molar-refractivity contribution in [2.75, 3.05) is 20.6 Å². The first-order valence-corrected chi connectivity index (χ1v) is 6.34. The molecule has 0 unspecified atom stereocenters. The minimum absolute atomic E-state index is 0.147. The number of methoxy groups -OCH3 is 2. The molecule has 1 saturated carbocycles. The van der Waals surface area contributed by atoms with Gasteiger partial charge >= 0.3 is 0 Å². The number of ether oxygens (including phenoxy) is 2. The molecular formula is C15H23NO2. The van der Waals surface area contributed by atoms with Crippen LogP contribution in [0.2, 0.25) is 0 Å². The average molecular weight is 255 g/mol. The number of rotatable bonds is 5. The fourth-order valence-electron chi connectivity index (χ4n) is 2.71. The summed E-state index contributed by atoms with van der Waals surface area (Å²) in [6.07, 6.45) is 4.31. The van der Waals surface area contributed by atoms with E-state index in [4.69, 9.17) is 23.4 Å². The molecule has 18 heavy (non-hydrogen) atoms. The molecule has 0 saturated heterocycles. The summed E-state index contributed by atoms with van der Waals surface area (Å²) < 4.78 is 54.4.